The van der Waals surface area contributed by atoms with Crippen molar-refractivity contribution in [2.45, 2.75) is 45.6 Å². The van der Waals surface area contributed by atoms with Gasteiger partial charge in [-0.3, -0.25) is 4.79 Å². The Labute approximate surface area is 127 Å². The van der Waals surface area contributed by atoms with Gasteiger partial charge in [-0.05, 0) is 43.1 Å². The topological polar surface area (TPSA) is 52.9 Å². The Morgan fingerprint density at radius 1 is 1.24 bits per heavy atom. The zero-order valence-corrected chi connectivity index (χ0v) is 12.9. The van der Waals surface area contributed by atoms with Gasteiger partial charge in [-0.15, -0.1) is 0 Å². The molecule has 1 N–H and O–H groups in total. The third-order valence-corrected chi connectivity index (χ3v) is 4.28. The molecular weight excluding hydrogens is 260 g/mol. The number of hydrogen-bond acceptors (Lipinski definition) is 2. The van der Waals surface area contributed by atoms with E-state index < -0.39 is 5.92 Å². The number of amides is 1. The lowest BCUT2D eigenvalue weighted by Crippen LogP contribution is -2.43. The molecule has 1 fully saturated rings. The van der Waals surface area contributed by atoms with Crippen LogP contribution in [0.25, 0.3) is 0 Å². The van der Waals surface area contributed by atoms with E-state index in [-0.39, 0.29) is 11.9 Å². The number of benzene rings is 1. The molecule has 112 valence electrons. The van der Waals surface area contributed by atoms with Crippen LogP contribution < -0.4 is 5.32 Å². The number of nitrogens with one attached hydrogen (secondary N) is 1. The van der Waals surface area contributed by atoms with Gasteiger partial charge >= 0.3 is 0 Å². The first kappa shape index (κ1) is 15.6. The first-order valence-corrected chi connectivity index (χ1v) is 7.82. The third-order valence-electron chi connectivity index (χ3n) is 4.28. The number of nitriles is 1. The second-order valence-corrected chi connectivity index (χ2v) is 6.49. The molecule has 0 aliphatic heterocycles. The molecule has 1 amide bonds. The number of rotatable bonds is 4. The number of hydrogen-bond donors (Lipinski definition) is 1. The van der Waals surface area contributed by atoms with Crippen LogP contribution in [0.2, 0.25) is 0 Å². The lowest BCUT2D eigenvalue weighted by molar-refractivity contribution is -0.124. The normalized spacial score (nSPS) is 26.6. The molecule has 0 saturated heterocycles. The fraction of sp³-hybridized carbons (Fsp3) is 0.556. The Kier molecular flexibility index (Phi) is 5.38. The van der Waals surface area contributed by atoms with Crippen LogP contribution in [0, 0.1) is 29.1 Å². The van der Waals surface area contributed by atoms with Crippen molar-refractivity contribution in [2.75, 3.05) is 0 Å². The molecule has 1 aliphatic carbocycles. The maximum Gasteiger partial charge on any atom is 0.237 e. The monoisotopic (exact) mass is 284 g/mol. The highest BCUT2D eigenvalue weighted by Crippen LogP contribution is 2.28. The summed E-state index contributed by atoms with van der Waals surface area (Å²) in [5.41, 5.74) is 1.03. The van der Waals surface area contributed by atoms with Gasteiger partial charge in [-0.1, -0.05) is 44.2 Å². The molecule has 3 heteroatoms. The maximum atomic E-state index is 12.3. The SMILES string of the molecule is CC1CC(C)CC(NC(=O)C(C#N)Cc2ccccc2)C1. The molecule has 2 rings (SSSR count). The molecule has 0 bridgehead atoms. The van der Waals surface area contributed by atoms with E-state index in [1.165, 1.54) is 6.42 Å². The highest BCUT2D eigenvalue weighted by atomic mass is 16.1. The van der Waals surface area contributed by atoms with Crippen molar-refractivity contribution in [1.29, 1.82) is 5.26 Å². The van der Waals surface area contributed by atoms with Gasteiger partial charge in [0.1, 0.15) is 5.92 Å². The average Bonchev–Trinajstić information content (AvgIpc) is 2.44. The van der Waals surface area contributed by atoms with Gasteiger partial charge in [-0.2, -0.15) is 5.26 Å². The van der Waals surface area contributed by atoms with Crippen LogP contribution in [0.15, 0.2) is 30.3 Å². The molecule has 21 heavy (non-hydrogen) atoms. The molecule has 1 aromatic carbocycles. The summed E-state index contributed by atoms with van der Waals surface area (Å²) in [5, 5.41) is 12.4. The quantitative estimate of drug-likeness (QED) is 0.922. The highest BCUT2D eigenvalue weighted by molar-refractivity contribution is 5.81. The summed E-state index contributed by atoms with van der Waals surface area (Å²) in [6.45, 7) is 4.47. The summed E-state index contributed by atoms with van der Waals surface area (Å²) in [5.74, 6) is 0.579. The summed E-state index contributed by atoms with van der Waals surface area (Å²) in [7, 11) is 0. The Bertz CT molecular complexity index is 496. The van der Waals surface area contributed by atoms with Gasteiger partial charge in [0, 0.05) is 6.04 Å². The van der Waals surface area contributed by atoms with Crippen molar-refractivity contribution in [3.8, 4) is 6.07 Å². The molecule has 1 aliphatic rings. The fourth-order valence-electron chi connectivity index (χ4n) is 3.41. The summed E-state index contributed by atoms with van der Waals surface area (Å²) in [4.78, 5) is 12.3. The van der Waals surface area contributed by atoms with Crippen molar-refractivity contribution in [3.63, 3.8) is 0 Å². The largest absolute Gasteiger partial charge is 0.352 e. The van der Waals surface area contributed by atoms with E-state index in [0.29, 0.717) is 18.3 Å². The van der Waals surface area contributed by atoms with Crippen LogP contribution in [0.5, 0.6) is 0 Å². The third kappa shape index (κ3) is 4.60. The van der Waals surface area contributed by atoms with Crippen molar-refractivity contribution in [1.82, 2.24) is 5.32 Å². The Morgan fingerprint density at radius 2 is 1.86 bits per heavy atom. The van der Waals surface area contributed by atoms with Crippen LogP contribution in [0.4, 0.5) is 0 Å². The van der Waals surface area contributed by atoms with Gasteiger partial charge in [0.25, 0.3) is 0 Å². The molecule has 3 atom stereocenters. The van der Waals surface area contributed by atoms with Gasteiger partial charge in [0.15, 0.2) is 0 Å². The Balaban J connectivity index is 1.93. The minimum absolute atomic E-state index is 0.118. The Hall–Kier alpha value is -1.82. The molecule has 0 spiro atoms. The smallest absolute Gasteiger partial charge is 0.237 e. The number of carbonyl (C=O) groups is 1. The molecular formula is C18H24N2O. The number of nitrogens with zero attached hydrogens (tertiary/aromatic N) is 1. The lowest BCUT2D eigenvalue weighted by atomic mass is 9.80. The summed E-state index contributed by atoms with van der Waals surface area (Å²) in [6.07, 6.45) is 3.78. The zero-order chi connectivity index (χ0) is 15.2. The van der Waals surface area contributed by atoms with Crippen LogP contribution in [-0.2, 0) is 11.2 Å². The van der Waals surface area contributed by atoms with Crippen LogP contribution in [0.3, 0.4) is 0 Å². The standard InChI is InChI=1S/C18H24N2O/c1-13-8-14(2)10-17(9-13)20-18(21)16(12-19)11-15-6-4-3-5-7-15/h3-7,13-14,16-17H,8-11H2,1-2H3,(H,20,21). The van der Waals surface area contributed by atoms with E-state index >= 15 is 0 Å². The predicted octanol–water partition coefficient (Wildman–Crippen LogP) is 3.31. The zero-order valence-electron chi connectivity index (χ0n) is 12.9. The van der Waals surface area contributed by atoms with Crippen molar-refractivity contribution < 1.29 is 4.79 Å². The van der Waals surface area contributed by atoms with E-state index in [4.69, 9.17) is 0 Å². The summed E-state index contributed by atoms with van der Waals surface area (Å²) < 4.78 is 0. The molecule has 3 unspecified atom stereocenters. The van der Waals surface area contributed by atoms with Crippen molar-refractivity contribution in [2.24, 2.45) is 17.8 Å². The van der Waals surface area contributed by atoms with Crippen molar-refractivity contribution >= 4 is 5.91 Å². The van der Waals surface area contributed by atoms with E-state index in [9.17, 15) is 10.1 Å². The maximum absolute atomic E-state index is 12.3. The Morgan fingerprint density at radius 3 is 2.43 bits per heavy atom. The van der Waals surface area contributed by atoms with E-state index in [0.717, 1.165) is 18.4 Å². The van der Waals surface area contributed by atoms with Crippen LogP contribution in [0.1, 0.15) is 38.7 Å². The van der Waals surface area contributed by atoms with Crippen LogP contribution in [-0.4, -0.2) is 11.9 Å². The minimum Gasteiger partial charge on any atom is -0.352 e. The minimum atomic E-state index is -0.597. The predicted molar refractivity (Wildman–Crippen MR) is 83.4 cm³/mol. The van der Waals surface area contributed by atoms with E-state index in [2.05, 4.69) is 25.2 Å². The van der Waals surface area contributed by atoms with Crippen molar-refractivity contribution in [3.05, 3.63) is 35.9 Å². The fourth-order valence-corrected chi connectivity index (χ4v) is 3.41. The molecule has 1 saturated carbocycles. The second kappa shape index (κ2) is 7.26. The molecule has 3 nitrogen and oxygen atoms in total. The number of carbonyl (C=O) groups excluding carboxylic acids is 1. The van der Waals surface area contributed by atoms with Gasteiger partial charge < -0.3 is 5.32 Å². The lowest BCUT2D eigenvalue weighted by Gasteiger charge is -2.32. The highest BCUT2D eigenvalue weighted by Gasteiger charge is 2.27. The molecule has 0 aromatic heterocycles. The molecule has 1 aromatic rings. The second-order valence-electron chi connectivity index (χ2n) is 6.49. The van der Waals surface area contributed by atoms with E-state index in [1.54, 1.807) is 0 Å². The summed E-state index contributed by atoms with van der Waals surface area (Å²) in [6, 6.07) is 12.1. The summed E-state index contributed by atoms with van der Waals surface area (Å²) >= 11 is 0. The van der Waals surface area contributed by atoms with Gasteiger partial charge in [0.2, 0.25) is 5.91 Å². The van der Waals surface area contributed by atoms with E-state index in [1.807, 2.05) is 30.3 Å². The molecule has 0 heterocycles. The molecule has 0 radical (unpaired) electrons. The van der Waals surface area contributed by atoms with Gasteiger partial charge in [-0.25, -0.2) is 0 Å². The van der Waals surface area contributed by atoms with Crippen LogP contribution >= 0.6 is 0 Å². The first-order valence-electron chi connectivity index (χ1n) is 7.82. The first-order chi connectivity index (χ1) is 10.1. The average molecular weight is 284 g/mol. The van der Waals surface area contributed by atoms with Gasteiger partial charge in [0.05, 0.1) is 6.07 Å².